The highest BCUT2D eigenvalue weighted by molar-refractivity contribution is 6.00. The van der Waals surface area contributed by atoms with Gasteiger partial charge in [0.15, 0.2) is 11.9 Å². The van der Waals surface area contributed by atoms with Gasteiger partial charge in [-0.05, 0) is 91.5 Å². The average molecular weight is 1420 g/mol. The molecule has 0 spiro atoms. The normalized spacial score (nSPS) is 15.1. The maximum Gasteiger partial charge on any atom is 0.245 e. The molecule has 1 aliphatic rings. The number of amides is 11. The number of carbonyl (C=O) groups is 11. The standard InChI is InChI=1S/C72H92N18O13/c1-42(61(73)94)81-69(102)60-27-16-34-90(60)70(103)53(26-15-33-79-72(76)77)84-64(97)54(35-44-17-6-3-7-18-44)85-62(95)52(25-14-32-78-71(74)75)83-63(96)57(38-47-28-30-49(93)31-29-47)88-68(101)59(41-91)89-66(99)56(37-46-21-10-5-11-22-46)86-65(98)55(36-45-19-8-4-9-20-45)87-67(100)58(82-43(2)92)39-48-40-80-51-24-13-12-23-50(48)51/h3-13,17-24,28-31,40,42,52-60,80,91,93H,14-16,25-27,32-39,41H2,1-2H3,(H2,73,94)(H,81,102)(H,82,92)(H,83,96)(H,84,97)(H,85,95)(H,86,98)(H,87,100)(H,88,101)(H,89,99)(H4,74,75,78)(H4,76,77,79)/t42-,52-,53+,54+,55-,56-,57+,58-,59+,60+/m1/s1. The molecule has 0 saturated carbocycles. The van der Waals surface area contributed by atoms with Crippen molar-refractivity contribution in [2.45, 2.75) is 145 Å². The van der Waals surface area contributed by atoms with Gasteiger partial charge in [0, 0.05) is 75.8 Å². The number of benzene rings is 5. The molecule has 31 nitrogen and oxygen atoms in total. The Morgan fingerprint density at radius 3 is 1.32 bits per heavy atom. The highest BCUT2D eigenvalue weighted by Crippen LogP contribution is 2.23. The number of aliphatic hydroxyl groups is 1. The summed E-state index contributed by atoms with van der Waals surface area (Å²) in [6.45, 7) is 1.72. The number of likely N-dealkylation sites (tertiary alicyclic amines) is 1. The smallest absolute Gasteiger partial charge is 0.245 e. The van der Waals surface area contributed by atoms with Crippen molar-refractivity contribution in [2.24, 2.45) is 38.7 Å². The molecule has 0 bridgehead atoms. The van der Waals surface area contributed by atoms with Crippen LogP contribution in [0.15, 0.2) is 156 Å². The third kappa shape index (κ3) is 24.8. The van der Waals surface area contributed by atoms with E-state index in [0.29, 0.717) is 34.2 Å². The number of para-hydroxylation sites is 1. The molecule has 0 unspecified atom stereocenters. The van der Waals surface area contributed by atoms with Crippen molar-refractivity contribution in [3.63, 3.8) is 0 Å². The van der Waals surface area contributed by atoms with Crippen molar-refractivity contribution < 1.29 is 63.0 Å². The summed E-state index contributed by atoms with van der Waals surface area (Å²) in [6.07, 6.45) is 1.65. The number of rotatable bonds is 38. The van der Waals surface area contributed by atoms with Gasteiger partial charge in [0.25, 0.3) is 0 Å². The van der Waals surface area contributed by atoms with Crippen molar-refractivity contribution >= 4 is 87.8 Å². The second kappa shape index (κ2) is 39.2. The Kier molecular flexibility index (Phi) is 29.9. The molecule has 103 heavy (non-hydrogen) atoms. The van der Waals surface area contributed by atoms with E-state index in [-0.39, 0.29) is 102 Å². The molecular weight excluding hydrogens is 1320 g/mol. The van der Waals surface area contributed by atoms with E-state index in [9.17, 15) is 63.0 Å². The summed E-state index contributed by atoms with van der Waals surface area (Å²) in [4.78, 5) is 168. The van der Waals surface area contributed by atoms with Crippen molar-refractivity contribution in [1.82, 2.24) is 57.7 Å². The lowest BCUT2D eigenvalue weighted by Gasteiger charge is -2.30. The first kappa shape index (κ1) is 78.4. The van der Waals surface area contributed by atoms with Crippen LogP contribution >= 0.6 is 0 Å². The number of aromatic hydroxyl groups is 1. The van der Waals surface area contributed by atoms with Gasteiger partial charge in [-0.3, -0.25) is 62.7 Å². The first-order valence-electron chi connectivity index (χ1n) is 33.8. The monoisotopic (exact) mass is 1420 g/mol. The van der Waals surface area contributed by atoms with Gasteiger partial charge < -0.3 is 96.6 Å². The number of nitrogens with zero attached hydrogens (tertiary/aromatic N) is 3. The van der Waals surface area contributed by atoms with E-state index in [4.69, 9.17) is 28.7 Å². The van der Waals surface area contributed by atoms with E-state index in [2.05, 4.69) is 62.8 Å². The number of aliphatic imine (C=N–C) groups is 2. The predicted octanol–water partition coefficient (Wildman–Crippen LogP) is -1.63. The number of nitrogens with one attached hydrogen (secondary N) is 10. The second-order valence-corrected chi connectivity index (χ2v) is 25.1. The molecule has 1 aromatic heterocycles. The highest BCUT2D eigenvalue weighted by atomic mass is 16.3. The van der Waals surface area contributed by atoms with Crippen LogP contribution in [-0.2, 0) is 84.8 Å². The maximum atomic E-state index is 15.0. The van der Waals surface area contributed by atoms with Crippen LogP contribution in [0.25, 0.3) is 10.9 Å². The summed E-state index contributed by atoms with van der Waals surface area (Å²) in [5.74, 6) is -9.60. The number of phenolic OH excluding ortho intramolecular Hbond substituents is 1. The lowest BCUT2D eigenvalue weighted by atomic mass is 10.0. The number of hydrogen-bond donors (Lipinski definition) is 17. The third-order valence-electron chi connectivity index (χ3n) is 17.1. The topological polar surface area (TPSA) is 510 Å². The number of carbonyl (C=O) groups excluding carboxylic acids is 11. The van der Waals surface area contributed by atoms with Crippen LogP contribution in [0, 0.1) is 0 Å². The predicted molar refractivity (Wildman–Crippen MR) is 384 cm³/mol. The molecule has 1 fully saturated rings. The van der Waals surface area contributed by atoms with Crippen LogP contribution in [-0.4, -0.2) is 184 Å². The number of hydrogen-bond acceptors (Lipinski definition) is 15. The van der Waals surface area contributed by atoms with Gasteiger partial charge in [0.05, 0.1) is 6.61 Å². The van der Waals surface area contributed by atoms with E-state index in [1.165, 1.54) is 43.0 Å². The van der Waals surface area contributed by atoms with Crippen LogP contribution in [0.4, 0.5) is 0 Å². The van der Waals surface area contributed by atoms with Crippen molar-refractivity contribution in [3.8, 4) is 5.75 Å². The Hall–Kier alpha value is -11.9. The molecule has 0 radical (unpaired) electrons. The minimum absolute atomic E-state index is 0.0370. The van der Waals surface area contributed by atoms with Crippen molar-refractivity contribution in [3.05, 3.63) is 174 Å². The number of primary amides is 1. The lowest BCUT2D eigenvalue weighted by molar-refractivity contribution is -0.142. The number of phenols is 1. The molecule has 1 aliphatic heterocycles. The molecule has 1 saturated heterocycles. The number of guanidine groups is 2. The summed E-state index contributed by atoms with van der Waals surface area (Å²) in [6, 6.07) is 24.9. The van der Waals surface area contributed by atoms with Crippen molar-refractivity contribution in [2.75, 3.05) is 26.2 Å². The summed E-state index contributed by atoms with van der Waals surface area (Å²) in [5.41, 5.74) is 31.5. The Morgan fingerprint density at radius 2 is 0.874 bits per heavy atom. The molecule has 0 aliphatic carbocycles. The van der Waals surface area contributed by atoms with Crippen LogP contribution < -0.4 is 76.5 Å². The quantitative estimate of drug-likeness (QED) is 0.0117. The molecule has 11 amide bonds. The fourth-order valence-electron chi connectivity index (χ4n) is 11.7. The van der Waals surface area contributed by atoms with E-state index < -0.39 is 132 Å². The molecule has 31 heteroatoms. The largest absolute Gasteiger partial charge is 0.508 e. The zero-order valence-corrected chi connectivity index (χ0v) is 57.4. The van der Waals surface area contributed by atoms with Crippen LogP contribution in [0.2, 0.25) is 0 Å². The van der Waals surface area contributed by atoms with Gasteiger partial charge in [-0.2, -0.15) is 0 Å². The maximum absolute atomic E-state index is 15.0. The van der Waals surface area contributed by atoms with Gasteiger partial charge in [-0.15, -0.1) is 0 Å². The average Bonchev–Trinajstić information content (AvgIpc) is 1.75. The summed E-state index contributed by atoms with van der Waals surface area (Å²) < 4.78 is 0. The van der Waals surface area contributed by atoms with Crippen molar-refractivity contribution in [1.29, 1.82) is 0 Å². The molecule has 22 N–H and O–H groups in total. The SMILES string of the molecule is CC(=O)N[C@H](Cc1c[nH]c2ccccc12)C(=O)N[C@H](Cc1ccccc1)C(=O)N[C@H](Cc1ccccc1)C(=O)N[C@@H](CO)C(=O)N[C@@H](Cc1ccc(O)cc1)C(=O)N[C@H](CCCN=C(N)N)C(=O)N[C@@H](Cc1ccccc1)C(=O)N[C@@H](CCCN=C(N)N)C(=O)N1CCC[C@H]1C(=O)N[C@H](C)C(N)=O. The lowest BCUT2D eigenvalue weighted by Crippen LogP contribution is -2.61. The Bertz CT molecular complexity index is 3950. The van der Waals surface area contributed by atoms with E-state index >= 15 is 0 Å². The molecule has 5 aromatic carbocycles. The number of aromatic nitrogens is 1. The number of aliphatic hydroxyl groups excluding tert-OH is 1. The molecule has 548 valence electrons. The molecule has 2 heterocycles. The molecule has 6 aromatic rings. The van der Waals surface area contributed by atoms with Crippen LogP contribution in [0.5, 0.6) is 5.75 Å². The highest BCUT2D eigenvalue weighted by Gasteiger charge is 2.40. The fourth-order valence-corrected chi connectivity index (χ4v) is 11.7. The van der Waals surface area contributed by atoms with Gasteiger partial charge in [-0.25, -0.2) is 0 Å². The van der Waals surface area contributed by atoms with Gasteiger partial charge in [0.1, 0.15) is 66.2 Å². The first-order chi connectivity index (χ1) is 49.3. The fraction of sp³-hybridized carbons (Fsp3) is 0.375. The minimum Gasteiger partial charge on any atom is -0.508 e. The van der Waals surface area contributed by atoms with Gasteiger partial charge in [-0.1, -0.05) is 121 Å². The Balaban J connectivity index is 1.14. The van der Waals surface area contributed by atoms with Crippen LogP contribution in [0.3, 0.4) is 0 Å². The van der Waals surface area contributed by atoms with Crippen LogP contribution in [0.1, 0.15) is 80.2 Å². The minimum atomic E-state index is -1.82. The summed E-state index contributed by atoms with van der Waals surface area (Å²) in [5, 5.41) is 46.1. The molecular formula is C72H92N18O13. The van der Waals surface area contributed by atoms with E-state index in [1.54, 1.807) is 97.2 Å². The molecule has 10 atom stereocenters. The summed E-state index contributed by atoms with van der Waals surface area (Å²) >= 11 is 0. The Morgan fingerprint density at radius 1 is 0.485 bits per heavy atom. The van der Waals surface area contributed by atoms with Gasteiger partial charge in [0.2, 0.25) is 65.0 Å². The first-order valence-corrected chi connectivity index (χ1v) is 33.8. The summed E-state index contributed by atoms with van der Waals surface area (Å²) in [7, 11) is 0. The molecule has 7 rings (SSSR count). The number of nitrogens with two attached hydrogens (primary N) is 5. The number of H-pyrrole nitrogens is 1. The zero-order valence-electron chi connectivity index (χ0n) is 57.4. The Labute approximate surface area is 595 Å². The van der Waals surface area contributed by atoms with E-state index in [0.717, 1.165) is 10.9 Å². The number of fused-ring (bicyclic) bond motifs is 1. The third-order valence-corrected chi connectivity index (χ3v) is 17.1. The zero-order chi connectivity index (χ0) is 74.5. The number of aromatic amines is 1. The van der Waals surface area contributed by atoms with E-state index in [1.807, 2.05) is 24.3 Å². The second-order valence-electron chi connectivity index (χ2n) is 25.1. The van der Waals surface area contributed by atoms with Gasteiger partial charge >= 0.3 is 0 Å².